The van der Waals surface area contributed by atoms with Gasteiger partial charge in [0, 0.05) is 6.04 Å². The Labute approximate surface area is 75.8 Å². The molecule has 0 bridgehead atoms. The lowest BCUT2D eigenvalue weighted by Gasteiger charge is -2.29. The number of likely N-dealkylation sites (tertiary alicyclic amines) is 1. The largest absolute Gasteiger partial charge is 0.304 e. The van der Waals surface area contributed by atoms with Gasteiger partial charge >= 0.3 is 0 Å². The third-order valence-electron chi connectivity index (χ3n) is 2.14. The topological polar surface area (TPSA) is 63.4 Å². The summed E-state index contributed by atoms with van der Waals surface area (Å²) in [5.74, 6) is 0. The maximum absolute atomic E-state index is 8.81. The first-order chi connectivity index (χ1) is 5.54. The fourth-order valence-corrected chi connectivity index (χ4v) is 1.24. The quantitative estimate of drug-likeness (QED) is 0.532. The molecule has 1 fully saturated rings. The van der Waals surface area contributed by atoms with Crippen molar-refractivity contribution in [3.8, 4) is 0 Å². The molecule has 0 radical (unpaired) electrons. The minimum absolute atomic E-state index is 0.837. The Morgan fingerprint density at radius 1 is 1.42 bits per heavy atom. The standard InChI is InChI=1S/C7H15N.H3NO2S/c1-7-5-3-4-6-8(7)2;1-4(2)3/h7H,3-6H2,1-2H3;4H,(H2,1,2,3). The minimum Gasteiger partial charge on any atom is -0.304 e. The molecule has 0 saturated carbocycles. The zero-order valence-electron chi connectivity index (χ0n) is 7.69. The van der Waals surface area contributed by atoms with E-state index in [1.165, 1.54) is 25.8 Å². The van der Waals surface area contributed by atoms with Crippen LogP contribution in [0, 0.1) is 0 Å². The Morgan fingerprint density at radius 3 is 2.17 bits per heavy atom. The van der Waals surface area contributed by atoms with Gasteiger partial charge in [0.2, 0.25) is 0 Å². The van der Waals surface area contributed by atoms with E-state index in [9.17, 15) is 0 Å². The first-order valence-electron chi connectivity index (χ1n) is 4.13. The van der Waals surface area contributed by atoms with E-state index >= 15 is 0 Å². The highest BCUT2D eigenvalue weighted by atomic mass is 32.2. The summed E-state index contributed by atoms with van der Waals surface area (Å²) in [7, 11) is -0.408. The third-order valence-corrected chi connectivity index (χ3v) is 2.14. The Morgan fingerprint density at radius 2 is 1.92 bits per heavy atom. The van der Waals surface area contributed by atoms with Gasteiger partial charge in [-0.2, -0.15) is 0 Å². The van der Waals surface area contributed by atoms with E-state index in [4.69, 9.17) is 8.42 Å². The molecular formula is C7H18N2O2S. The van der Waals surface area contributed by atoms with Gasteiger partial charge in [-0.05, 0) is 33.4 Å². The molecule has 1 unspecified atom stereocenters. The number of nitrogens with zero attached hydrogens (tertiary/aromatic N) is 1. The number of hydrogen-bond acceptors (Lipinski definition) is 3. The van der Waals surface area contributed by atoms with Crippen molar-refractivity contribution in [2.24, 2.45) is 5.14 Å². The lowest BCUT2D eigenvalue weighted by molar-refractivity contribution is 0.200. The SMILES string of the molecule is CC1CCCCN1C.N[SH](=O)=O. The van der Waals surface area contributed by atoms with Crippen LogP contribution in [0.2, 0.25) is 0 Å². The molecule has 1 saturated heterocycles. The van der Waals surface area contributed by atoms with Crippen molar-refractivity contribution in [3.63, 3.8) is 0 Å². The van der Waals surface area contributed by atoms with Gasteiger partial charge in [-0.3, -0.25) is 0 Å². The van der Waals surface area contributed by atoms with Crippen LogP contribution >= 0.6 is 0 Å². The summed E-state index contributed by atoms with van der Waals surface area (Å²) in [6.45, 7) is 3.61. The highest BCUT2D eigenvalue weighted by Crippen LogP contribution is 2.13. The van der Waals surface area contributed by atoms with Crippen LogP contribution < -0.4 is 5.14 Å². The second-order valence-corrected chi connectivity index (χ2v) is 3.68. The fraction of sp³-hybridized carbons (Fsp3) is 1.00. The fourth-order valence-electron chi connectivity index (χ4n) is 1.24. The van der Waals surface area contributed by atoms with Gasteiger partial charge < -0.3 is 4.90 Å². The number of rotatable bonds is 0. The van der Waals surface area contributed by atoms with Crippen LogP contribution in [0.3, 0.4) is 0 Å². The van der Waals surface area contributed by atoms with Crippen molar-refractivity contribution >= 4 is 10.9 Å². The van der Waals surface area contributed by atoms with Crippen molar-refractivity contribution in [2.45, 2.75) is 32.2 Å². The first kappa shape index (κ1) is 11.9. The molecule has 1 aliphatic rings. The summed E-state index contributed by atoms with van der Waals surface area (Å²) < 4.78 is 17.6. The van der Waals surface area contributed by atoms with E-state index in [2.05, 4.69) is 24.0 Å². The van der Waals surface area contributed by atoms with Crippen LogP contribution in [0.4, 0.5) is 0 Å². The predicted octanol–water partition coefficient (Wildman–Crippen LogP) is -0.0379. The third kappa shape index (κ3) is 6.57. The van der Waals surface area contributed by atoms with Crippen LogP contribution in [-0.4, -0.2) is 33.0 Å². The molecule has 0 spiro atoms. The summed E-state index contributed by atoms with van der Waals surface area (Å²) in [6.07, 6.45) is 4.24. The zero-order valence-corrected chi connectivity index (χ0v) is 8.59. The first-order valence-corrected chi connectivity index (χ1v) is 5.38. The highest BCUT2D eigenvalue weighted by molar-refractivity contribution is 7.69. The maximum atomic E-state index is 8.81. The average Bonchev–Trinajstić information content (AvgIpc) is 1.94. The van der Waals surface area contributed by atoms with Gasteiger partial charge in [-0.25, -0.2) is 13.6 Å². The molecule has 74 valence electrons. The van der Waals surface area contributed by atoms with E-state index < -0.39 is 10.9 Å². The van der Waals surface area contributed by atoms with Gasteiger partial charge in [0.15, 0.2) is 10.9 Å². The predicted molar refractivity (Wildman–Crippen MR) is 50.4 cm³/mol. The molecule has 12 heavy (non-hydrogen) atoms. The Hall–Kier alpha value is -0.130. The van der Waals surface area contributed by atoms with E-state index in [1.807, 2.05) is 0 Å². The van der Waals surface area contributed by atoms with E-state index in [0.29, 0.717) is 0 Å². The molecule has 1 rings (SSSR count). The Kier molecular flexibility index (Phi) is 6.32. The van der Waals surface area contributed by atoms with Gasteiger partial charge in [-0.1, -0.05) is 6.42 Å². The normalized spacial score (nSPS) is 24.8. The van der Waals surface area contributed by atoms with Crippen LogP contribution in [0.25, 0.3) is 0 Å². The zero-order chi connectivity index (χ0) is 9.56. The van der Waals surface area contributed by atoms with Gasteiger partial charge in [0.1, 0.15) is 0 Å². The van der Waals surface area contributed by atoms with Crippen LogP contribution in [0.15, 0.2) is 0 Å². The molecule has 1 atom stereocenters. The monoisotopic (exact) mass is 194 g/mol. The van der Waals surface area contributed by atoms with Crippen LogP contribution in [-0.2, 0) is 10.9 Å². The second kappa shape index (κ2) is 6.39. The van der Waals surface area contributed by atoms with Crippen LogP contribution in [0.5, 0.6) is 0 Å². The van der Waals surface area contributed by atoms with Crippen molar-refractivity contribution in [2.75, 3.05) is 13.6 Å². The van der Waals surface area contributed by atoms with E-state index in [-0.39, 0.29) is 0 Å². The van der Waals surface area contributed by atoms with Crippen molar-refractivity contribution in [1.29, 1.82) is 0 Å². The average molecular weight is 194 g/mol. The molecule has 0 aromatic carbocycles. The Bertz CT molecular complexity index is 164. The van der Waals surface area contributed by atoms with E-state index in [1.54, 1.807) is 0 Å². The lowest BCUT2D eigenvalue weighted by Crippen LogP contribution is -2.33. The molecular weight excluding hydrogens is 176 g/mol. The van der Waals surface area contributed by atoms with Crippen molar-refractivity contribution in [3.05, 3.63) is 0 Å². The molecule has 2 N–H and O–H groups in total. The van der Waals surface area contributed by atoms with Gasteiger partial charge in [-0.15, -0.1) is 0 Å². The molecule has 4 nitrogen and oxygen atoms in total. The summed E-state index contributed by atoms with van der Waals surface area (Å²) in [4.78, 5) is 2.43. The molecule has 0 aliphatic carbocycles. The highest BCUT2D eigenvalue weighted by Gasteiger charge is 2.12. The molecule has 1 aliphatic heterocycles. The minimum atomic E-state index is -2.62. The lowest BCUT2D eigenvalue weighted by atomic mass is 10.1. The summed E-state index contributed by atoms with van der Waals surface area (Å²) in [5.41, 5.74) is 0. The van der Waals surface area contributed by atoms with Crippen molar-refractivity contribution in [1.82, 2.24) is 4.90 Å². The summed E-state index contributed by atoms with van der Waals surface area (Å²) in [5, 5.41) is 4.06. The molecule has 0 amide bonds. The molecule has 0 aromatic heterocycles. The smallest absolute Gasteiger partial charge is 0.198 e. The molecule has 5 heteroatoms. The second-order valence-electron chi connectivity index (χ2n) is 3.11. The maximum Gasteiger partial charge on any atom is 0.198 e. The Balaban J connectivity index is 0.000000261. The van der Waals surface area contributed by atoms with E-state index in [0.717, 1.165) is 6.04 Å². The number of nitrogens with two attached hydrogens (primary N) is 1. The van der Waals surface area contributed by atoms with Gasteiger partial charge in [0.05, 0.1) is 0 Å². The van der Waals surface area contributed by atoms with Gasteiger partial charge in [0.25, 0.3) is 0 Å². The molecule has 0 aromatic rings. The summed E-state index contributed by atoms with van der Waals surface area (Å²) >= 11 is 0. The number of thiol groups is 1. The van der Waals surface area contributed by atoms with Crippen LogP contribution in [0.1, 0.15) is 26.2 Å². The number of hydrogen-bond donors (Lipinski definition) is 2. The number of piperidine rings is 1. The summed E-state index contributed by atoms with van der Waals surface area (Å²) in [6, 6.07) is 0.837. The molecule has 1 heterocycles. The van der Waals surface area contributed by atoms with Crippen molar-refractivity contribution < 1.29 is 8.42 Å².